The van der Waals surface area contributed by atoms with Gasteiger partial charge in [0, 0.05) is 19.2 Å². The Hall–Kier alpha value is -1.75. The summed E-state index contributed by atoms with van der Waals surface area (Å²) in [6.07, 6.45) is 34.5. The molecule has 0 aliphatic carbocycles. The molecule has 1 aromatic carbocycles. The number of likely N-dealkylation sites (N-methyl/N-ethyl adjacent to an activating group) is 1. The number of rotatable bonds is 33. The lowest BCUT2D eigenvalue weighted by Gasteiger charge is -2.18. The fourth-order valence-electron chi connectivity index (χ4n) is 5.95. The quantitative estimate of drug-likeness (QED) is 0.0784. The van der Waals surface area contributed by atoms with Gasteiger partial charge in [0.05, 0.1) is 19.8 Å². The first-order chi connectivity index (χ1) is 22.1. The SMILES string of the molecule is CCCCCCCCCCCCCCCOc1ccc(C(=O)N(C)CCO)cc1OCCCCCCCCCCCCCCC. The van der Waals surface area contributed by atoms with Crippen molar-refractivity contribution < 1.29 is 19.4 Å². The predicted molar refractivity (Wildman–Crippen MR) is 193 cm³/mol. The zero-order valence-electron chi connectivity index (χ0n) is 30.1. The van der Waals surface area contributed by atoms with Gasteiger partial charge < -0.3 is 19.5 Å². The number of carbonyl (C=O) groups is 1. The second-order valence-corrected chi connectivity index (χ2v) is 13.3. The maximum Gasteiger partial charge on any atom is 0.253 e. The van der Waals surface area contributed by atoms with Crippen LogP contribution in [0, 0.1) is 0 Å². The molecule has 0 heterocycles. The van der Waals surface area contributed by atoms with Crippen molar-refractivity contribution in [3.05, 3.63) is 23.8 Å². The normalized spacial score (nSPS) is 11.2. The van der Waals surface area contributed by atoms with E-state index in [9.17, 15) is 9.90 Å². The molecule has 0 aromatic heterocycles. The summed E-state index contributed by atoms with van der Waals surface area (Å²) < 4.78 is 12.4. The summed E-state index contributed by atoms with van der Waals surface area (Å²) in [7, 11) is 1.71. The van der Waals surface area contributed by atoms with Crippen molar-refractivity contribution in [2.45, 2.75) is 181 Å². The minimum Gasteiger partial charge on any atom is -0.490 e. The molecule has 262 valence electrons. The van der Waals surface area contributed by atoms with E-state index in [0.717, 1.165) is 18.6 Å². The van der Waals surface area contributed by atoms with Gasteiger partial charge in [-0.15, -0.1) is 0 Å². The summed E-state index contributed by atoms with van der Waals surface area (Å²) in [5, 5.41) is 9.24. The van der Waals surface area contributed by atoms with E-state index in [4.69, 9.17) is 9.47 Å². The summed E-state index contributed by atoms with van der Waals surface area (Å²) in [6, 6.07) is 5.51. The Labute approximate surface area is 279 Å². The number of hydrogen-bond acceptors (Lipinski definition) is 4. The molecule has 0 fully saturated rings. The van der Waals surface area contributed by atoms with E-state index in [1.165, 1.54) is 154 Å². The molecular formula is C40H73NO4. The van der Waals surface area contributed by atoms with Gasteiger partial charge in [-0.2, -0.15) is 0 Å². The lowest BCUT2D eigenvalue weighted by atomic mass is 10.0. The Balaban J connectivity index is 2.31. The van der Waals surface area contributed by atoms with Gasteiger partial charge in [-0.25, -0.2) is 0 Å². The predicted octanol–water partition coefficient (Wildman–Crippen LogP) is 11.7. The highest BCUT2D eigenvalue weighted by Gasteiger charge is 2.15. The Morgan fingerprint density at radius 3 is 1.29 bits per heavy atom. The molecule has 1 N–H and O–H groups in total. The number of benzene rings is 1. The van der Waals surface area contributed by atoms with Crippen LogP contribution >= 0.6 is 0 Å². The Kier molecular flexibility index (Phi) is 28.3. The maximum atomic E-state index is 12.8. The van der Waals surface area contributed by atoms with Gasteiger partial charge in [0.25, 0.3) is 5.91 Å². The van der Waals surface area contributed by atoms with Gasteiger partial charge in [0.15, 0.2) is 11.5 Å². The van der Waals surface area contributed by atoms with E-state index in [1.54, 1.807) is 11.9 Å². The molecule has 1 rings (SSSR count). The fraction of sp³-hybridized carbons (Fsp3) is 0.825. The average Bonchev–Trinajstić information content (AvgIpc) is 3.05. The molecule has 1 amide bonds. The van der Waals surface area contributed by atoms with E-state index >= 15 is 0 Å². The lowest BCUT2D eigenvalue weighted by molar-refractivity contribution is 0.0766. The largest absolute Gasteiger partial charge is 0.490 e. The van der Waals surface area contributed by atoms with Crippen molar-refractivity contribution in [1.29, 1.82) is 0 Å². The van der Waals surface area contributed by atoms with E-state index < -0.39 is 0 Å². The molecule has 45 heavy (non-hydrogen) atoms. The zero-order chi connectivity index (χ0) is 32.6. The van der Waals surface area contributed by atoms with Crippen LogP contribution in [0.5, 0.6) is 11.5 Å². The van der Waals surface area contributed by atoms with E-state index in [0.29, 0.717) is 31.1 Å². The second-order valence-electron chi connectivity index (χ2n) is 13.3. The highest BCUT2D eigenvalue weighted by Crippen LogP contribution is 2.30. The number of amides is 1. The summed E-state index contributed by atoms with van der Waals surface area (Å²) in [4.78, 5) is 14.4. The summed E-state index contributed by atoms with van der Waals surface area (Å²) in [5.41, 5.74) is 0.569. The van der Waals surface area contributed by atoms with Crippen LogP contribution in [-0.4, -0.2) is 49.3 Å². The number of unbranched alkanes of at least 4 members (excludes halogenated alkanes) is 24. The van der Waals surface area contributed by atoms with Crippen molar-refractivity contribution in [2.24, 2.45) is 0 Å². The molecule has 0 aliphatic rings. The van der Waals surface area contributed by atoms with Gasteiger partial charge in [-0.1, -0.05) is 168 Å². The number of carbonyl (C=O) groups excluding carboxylic acids is 1. The average molecular weight is 632 g/mol. The summed E-state index contributed by atoms with van der Waals surface area (Å²) >= 11 is 0. The summed E-state index contributed by atoms with van der Waals surface area (Å²) in [5.74, 6) is 1.27. The van der Waals surface area contributed by atoms with Gasteiger partial charge in [-0.3, -0.25) is 4.79 Å². The monoisotopic (exact) mass is 632 g/mol. The zero-order valence-corrected chi connectivity index (χ0v) is 30.1. The third-order valence-electron chi connectivity index (χ3n) is 8.98. The lowest BCUT2D eigenvalue weighted by Crippen LogP contribution is -2.29. The molecule has 0 saturated carbocycles. The first kappa shape index (κ1) is 41.3. The molecule has 0 spiro atoms. The van der Waals surface area contributed by atoms with Crippen LogP contribution in [0.1, 0.15) is 191 Å². The molecule has 0 bridgehead atoms. The molecule has 5 nitrogen and oxygen atoms in total. The van der Waals surface area contributed by atoms with Crippen LogP contribution in [-0.2, 0) is 0 Å². The molecule has 0 aliphatic heterocycles. The highest BCUT2D eigenvalue weighted by molar-refractivity contribution is 5.94. The Bertz CT molecular complexity index is 798. The molecule has 0 unspecified atom stereocenters. The third kappa shape index (κ3) is 23.3. The standard InChI is InChI=1S/C40H73NO4/c1-4-6-8-10-12-14-16-18-20-22-24-26-28-34-44-38-31-30-37(40(43)41(3)32-33-42)36-39(38)45-35-29-27-25-23-21-19-17-15-13-11-9-7-5-2/h30-31,36,42H,4-29,32-35H2,1-3H3. The number of hydrogen-bond donors (Lipinski definition) is 1. The second kappa shape index (κ2) is 30.9. The molecule has 1 aromatic rings. The number of aliphatic hydroxyl groups excluding tert-OH is 1. The van der Waals surface area contributed by atoms with Crippen LogP contribution in [0.2, 0.25) is 0 Å². The van der Waals surface area contributed by atoms with Crippen molar-refractivity contribution in [3.8, 4) is 11.5 Å². The van der Waals surface area contributed by atoms with E-state index in [2.05, 4.69) is 13.8 Å². The Morgan fingerprint density at radius 1 is 0.556 bits per heavy atom. The van der Waals surface area contributed by atoms with Crippen molar-refractivity contribution in [3.63, 3.8) is 0 Å². The molecule has 5 heteroatoms. The smallest absolute Gasteiger partial charge is 0.253 e. The van der Waals surface area contributed by atoms with Crippen LogP contribution in [0.25, 0.3) is 0 Å². The highest BCUT2D eigenvalue weighted by atomic mass is 16.5. The first-order valence-electron chi connectivity index (χ1n) is 19.4. The van der Waals surface area contributed by atoms with Crippen LogP contribution in [0.4, 0.5) is 0 Å². The number of ether oxygens (including phenoxy) is 2. The van der Waals surface area contributed by atoms with Gasteiger partial charge in [0.1, 0.15) is 0 Å². The first-order valence-corrected chi connectivity index (χ1v) is 19.4. The minimum absolute atomic E-state index is 0.0506. The van der Waals surface area contributed by atoms with Crippen LogP contribution in [0.15, 0.2) is 18.2 Å². The third-order valence-corrected chi connectivity index (χ3v) is 8.98. The molecular weight excluding hydrogens is 558 g/mol. The maximum absolute atomic E-state index is 12.8. The molecule has 0 saturated heterocycles. The van der Waals surface area contributed by atoms with Gasteiger partial charge in [0.2, 0.25) is 0 Å². The minimum atomic E-state index is -0.113. The number of aliphatic hydroxyl groups is 1. The van der Waals surface area contributed by atoms with Crippen molar-refractivity contribution >= 4 is 5.91 Å². The van der Waals surface area contributed by atoms with Gasteiger partial charge in [-0.05, 0) is 31.0 Å². The molecule has 0 atom stereocenters. The summed E-state index contributed by atoms with van der Waals surface area (Å²) in [6.45, 7) is 6.13. The van der Waals surface area contributed by atoms with Crippen LogP contribution < -0.4 is 9.47 Å². The van der Waals surface area contributed by atoms with Crippen molar-refractivity contribution in [2.75, 3.05) is 33.4 Å². The van der Waals surface area contributed by atoms with Crippen molar-refractivity contribution in [1.82, 2.24) is 4.90 Å². The van der Waals surface area contributed by atoms with E-state index in [-0.39, 0.29) is 12.5 Å². The topological polar surface area (TPSA) is 59.0 Å². The van der Waals surface area contributed by atoms with Crippen LogP contribution in [0.3, 0.4) is 0 Å². The van der Waals surface area contributed by atoms with Gasteiger partial charge >= 0.3 is 0 Å². The molecule has 0 radical (unpaired) electrons. The fourth-order valence-corrected chi connectivity index (χ4v) is 5.95. The Morgan fingerprint density at radius 2 is 0.911 bits per heavy atom. The number of nitrogens with zero attached hydrogens (tertiary/aromatic N) is 1. The van der Waals surface area contributed by atoms with E-state index in [1.807, 2.05) is 18.2 Å².